The number of methoxy groups -OCH3 is 1. The highest BCUT2D eigenvalue weighted by Gasteiger charge is 2.40. The number of carboxylic acids is 1. The van der Waals surface area contributed by atoms with E-state index in [4.69, 9.17) is 15.6 Å². The van der Waals surface area contributed by atoms with Crippen molar-refractivity contribution < 1.29 is 24.2 Å². The Kier molecular flexibility index (Phi) is 7.15. The van der Waals surface area contributed by atoms with Gasteiger partial charge in [-0.2, -0.15) is 12.6 Å². The molecule has 0 aromatic rings. The lowest BCUT2D eigenvalue weighted by atomic mass is 10.1. The van der Waals surface area contributed by atoms with E-state index in [1.165, 1.54) is 12.0 Å². The van der Waals surface area contributed by atoms with Crippen LogP contribution in [0.5, 0.6) is 0 Å². The van der Waals surface area contributed by atoms with Gasteiger partial charge in [0.05, 0.1) is 19.6 Å². The average molecular weight is 332 g/mol. The van der Waals surface area contributed by atoms with Crippen molar-refractivity contribution in [2.45, 2.75) is 50.7 Å². The predicted molar refractivity (Wildman–Crippen MR) is 83.5 cm³/mol. The van der Waals surface area contributed by atoms with Crippen LogP contribution in [0.1, 0.15) is 32.6 Å². The Balaban J connectivity index is 3.01. The first-order valence-corrected chi connectivity index (χ1v) is 7.93. The van der Waals surface area contributed by atoms with Crippen molar-refractivity contribution in [1.82, 2.24) is 4.90 Å². The molecule has 22 heavy (non-hydrogen) atoms. The summed E-state index contributed by atoms with van der Waals surface area (Å²) in [5.74, 6) is -1.71. The lowest BCUT2D eigenvalue weighted by molar-refractivity contribution is -0.155. The van der Waals surface area contributed by atoms with Gasteiger partial charge in [0.25, 0.3) is 0 Å². The number of hydrogen-bond acceptors (Lipinski definition) is 6. The summed E-state index contributed by atoms with van der Waals surface area (Å²) in [5.41, 5.74) is 5.71. The number of nitrogens with two attached hydrogens (primary N) is 1. The maximum absolute atomic E-state index is 12.6. The number of nitrogens with zero attached hydrogens (tertiary/aromatic N) is 1. The van der Waals surface area contributed by atoms with Gasteiger partial charge in [-0.1, -0.05) is 6.92 Å². The molecule has 0 aliphatic heterocycles. The Morgan fingerprint density at radius 3 is 2.45 bits per heavy atom. The van der Waals surface area contributed by atoms with Gasteiger partial charge in [-0.25, -0.2) is 4.79 Å². The first kappa shape index (κ1) is 18.8. The zero-order valence-corrected chi connectivity index (χ0v) is 13.8. The van der Waals surface area contributed by atoms with Gasteiger partial charge in [-0.05, 0) is 25.2 Å². The molecular formula is C14H24N2O5S. The minimum absolute atomic E-state index is 0.100. The second-order valence-corrected chi connectivity index (χ2v) is 6.11. The quantitative estimate of drug-likeness (QED) is 0.456. The first-order valence-electron chi connectivity index (χ1n) is 7.30. The maximum atomic E-state index is 12.6. The molecule has 2 unspecified atom stereocenters. The zero-order valence-electron chi connectivity index (χ0n) is 12.9. The fraction of sp³-hybridized carbons (Fsp3) is 0.786. The van der Waals surface area contributed by atoms with E-state index in [9.17, 15) is 14.4 Å². The van der Waals surface area contributed by atoms with Crippen LogP contribution in [-0.4, -0.2) is 58.8 Å². The Labute approximate surface area is 135 Å². The van der Waals surface area contributed by atoms with E-state index < -0.39 is 36.4 Å². The fourth-order valence-corrected chi connectivity index (χ4v) is 3.22. The molecule has 3 N–H and O–H groups in total. The highest BCUT2D eigenvalue weighted by molar-refractivity contribution is 7.80. The number of aliphatic carboxylic acids is 1. The van der Waals surface area contributed by atoms with Crippen LogP contribution in [0.15, 0.2) is 0 Å². The molecule has 1 aliphatic rings. The fourth-order valence-electron chi connectivity index (χ4n) is 2.90. The minimum atomic E-state index is -1.18. The molecule has 1 saturated carbocycles. The van der Waals surface area contributed by atoms with Gasteiger partial charge >= 0.3 is 11.9 Å². The molecule has 0 saturated heterocycles. The van der Waals surface area contributed by atoms with E-state index >= 15 is 0 Å². The smallest absolute Gasteiger partial charge is 0.329 e. The Hall–Kier alpha value is -1.28. The standard InChI is InChI=1S/C14H24N2O5S/c1-8-3-4-9(5-8)16(11(7-22)14(20)21-2)13(19)10(15)6-12(17)18/h8-11,22H,3-7,15H2,1-2H3,(H,17,18)/t8?,9?,10-,11+/m0/s1. The molecular weight excluding hydrogens is 308 g/mol. The molecule has 1 fully saturated rings. The number of carboxylic acid groups (broad SMARTS) is 1. The zero-order chi connectivity index (χ0) is 16.9. The second-order valence-electron chi connectivity index (χ2n) is 5.74. The highest BCUT2D eigenvalue weighted by atomic mass is 32.1. The molecule has 8 heteroatoms. The summed E-state index contributed by atoms with van der Waals surface area (Å²) in [6, 6.07) is -2.17. The largest absolute Gasteiger partial charge is 0.481 e. The van der Waals surface area contributed by atoms with Gasteiger partial charge in [0.2, 0.25) is 5.91 Å². The van der Waals surface area contributed by atoms with Crippen LogP contribution in [0.3, 0.4) is 0 Å². The van der Waals surface area contributed by atoms with Crippen LogP contribution in [-0.2, 0) is 19.1 Å². The molecule has 0 aromatic heterocycles. The lowest BCUT2D eigenvalue weighted by Gasteiger charge is -2.36. The van der Waals surface area contributed by atoms with Crippen molar-refractivity contribution in [2.75, 3.05) is 12.9 Å². The third kappa shape index (κ3) is 4.61. The molecule has 7 nitrogen and oxygen atoms in total. The number of carbonyl (C=O) groups is 3. The van der Waals surface area contributed by atoms with E-state index in [2.05, 4.69) is 19.6 Å². The second kappa shape index (κ2) is 8.38. The van der Waals surface area contributed by atoms with Crippen LogP contribution in [0.2, 0.25) is 0 Å². The van der Waals surface area contributed by atoms with Crippen molar-refractivity contribution in [1.29, 1.82) is 0 Å². The van der Waals surface area contributed by atoms with Crippen LogP contribution >= 0.6 is 12.6 Å². The number of amides is 1. The number of hydrogen-bond donors (Lipinski definition) is 3. The number of thiol groups is 1. The minimum Gasteiger partial charge on any atom is -0.481 e. The molecule has 1 rings (SSSR count). The molecule has 0 spiro atoms. The monoisotopic (exact) mass is 332 g/mol. The number of esters is 1. The summed E-state index contributed by atoms with van der Waals surface area (Å²) in [5, 5.41) is 8.82. The third-order valence-corrected chi connectivity index (χ3v) is 4.35. The average Bonchev–Trinajstić information content (AvgIpc) is 2.88. The first-order chi connectivity index (χ1) is 10.3. The molecule has 1 aliphatic carbocycles. The van der Waals surface area contributed by atoms with Gasteiger partial charge < -0.3 is 20.5 Å². The SMILES string of the molecule is COC(=O)[C@@H](CS)N(C(=O)[C@@H](N)CC(=O)O)C1CCC(C)C1. The Bertz CT molecular complexity index is 431. The van der Waals surface area contributed by atoms with E-state index in [1.807, 2.05) is 0 Å². The van der Waals surface area contributed by atoms with E-state index in [1.54, 1.807) is 0 Å². The van der Waals surface area contributed by atoms with Crippen molar-refractivity contribution in [3.63, 3.8) is 0 Å². The van der Waals surface area contributed by atoms with Gasteiger partial charge in [0.15, 0.2) is 0 Å². The summed E-state index contributed by atoms with van der Waals surface area (Å²) >= 11 is 4.14. The van der Waals surface area contributed by atoms with Crippen molar-refractivity contribution in [3.8, 4) is 0 Å². The molecule has 126 valence electrons. The van der Waals surface area contributed by atoms with E-state index in [0.717, 1.165) is 19.3 Å². The topological polar surface area (TPSA) is 110 Å². The summed E-state index contributed by atoms with van der Waals surface area (Å²) in [6.45, 7) is 2.08. The molecule has 4 atom stereocenters. The van der Waals surface area contributed by atoms with E-state index in [-0.39, 0.29) is 11.8 Å². The number of ether oxygens (including phenoxy) is 1. The van der Waals surface area contributed by atoms with Crippen LogP contribution in [0, 0.1) is 5.92 Å². The molecule has 0 aromatic carbocycles. The van der Waals surface area contributed by atoms with Gasteiger partial charge in [0.1, 0.15) is 6.04 Å². The Morgan fingerprint density at radius 1 is 1.41 bits per heavy atom. The lowest BCUT2D eigenvalue weighted by Crippen LogP contribution is -2.56. The molecule has 0 heterocycles. The summed E-state index contributed by atoms with van der Waals surface area (Å²) in [4.78, 5) is 36.7. The van der Waals surface area contributed by atoms with Gasteiger partial charge in [0, 0.05) is 11.8 Å². The normalized spacial score (nSPS) is 23.6. The molecule has 0 bridgehead atoms. The maximum Gasteiger partial charge on any atom is 0.329 e. The van der Waals surface area contributed by atoms with Crippen molar-refractivity contribution >= 4 is 30.5 Å². The van der Waals surface area contributed by atoms with Crippen LogP contribution < -0.4 is 5.73 Å². The molecule has 1 amide bonds. The molecule has 0 radical (unpaired) electrons. The number of carbonyl (C=O) groups excluding carboxylic acids is 2. The highest BCUT2D eigenvalue weighted by Crippen LogP contribution is 2.31. The summed E-state index contributed by atoms with van der Waals surface area (Å²) in [6.07, 6.45) is 1.99. The van der Waals surface area contributed by atoms with Crippen molar-refractivity contribution in [3.05, 3.63) is 0 Å². The van der Waals surface area contributed by atoms with Crippen LogP contribution in [0.25, 0.3) is 0 Å². The number of rotatable bonds is 7. The summed E-state index contributed by atoms with van der Waals surface area (Å²) < 4.78 is 4.74. The van der Waals surface area contributed by atoms with Gasteiger partial charge in [-0.3, -0.25) is 9.59 Å². The van der Waals surface area contributed by atoms with Gasteiger partial charge in [-0.15, -0.1) is 0 Å². The third-order valence-electron chi connectivity index (χ3n) is 4.01. The van der Waals surface area contributed by atoms with Crippen molar-refractivity contribution in [2.24, 2.45) is 11.7 Å². The van der Waals surface area contributed by atoms with E-state index in [0.29, 0.717) is 5.92 Å². The predicted octanol–water partition coefficient (Wildman–Crippen LogP) is 0.277. The Morgan fingerprint density at radius 2 is 2.05 bits per heavy atom. The van der Waals surface area contributed by atoms with Crippen LogP contribution in [0.4, 0.5) is 0 Å². The summed E-state index contributed by atoms with van der Waals surface area (Å²) in [7, 11) is 1.25.